The van der Waals surface area contributed by atoms with Crippen LogP contribution in [0.5, 0.6) is 5.75 Å². The zero-order valence-corrected chi connectivity index (χ0v) is 19.1. The number of hydrogen-bond donors (Lipinski definition) is 1. The Balaban J connectivity index is 0.00000240. The third-order valence-corrected chi connectivity index (χ3v) is 5.06. The fraction of sp³-hybridized carbons (Fsp3) is 0.333. The number of aromatic nitrogens is 2. The van der Waals surface area contributed by atoms with Crippen LogP contribution in [0.3, 0.4) is 0 Å². The van der Waals surface area contributed by atoms with Crippen molar-refractivity contribution in [2.45, 2.75) is 6.54 Å². The van der Waals surface area contributed by atoms with E-state index in [4.69, 9.17) is 4.74 Å². The van der Waals surface area contributed by atoms with Crippen LogP contribution in [0.2, 0.25) is 0 Å². The first-order valence-electron chi connectivity index (χ1n) is 9.54. The van der Waals surface area contributed by atoms with Crippen LogP contribution in [0, 0.1) is 0 Å². The van der Waals surface area contributed by atoms with Gasteiger partial charge in [0.05, 0.1) is 25.0 Å². The SMILES string of the molecule is CN=C(NCc1cn2ccccc2n1)N1CCN(c2ccccc2OC)CC1.I. The van der Waals surface area contributed by atoms with Crippen molar-refractivity contribution >= 4 is 41.3 Å². The number of imidazole rings is 1. The summed E-state index contributed by atoms with van der Waals surface area (Å²) in [5, 5.41) is 3.45. The summed E-state index contributed by atoms with van der Waals surface area (Å²) < 4.78 is 7.54. The van der Waals surface area contributed by atoms with Gasteiger partial charge in [0.25, 0.3) is 0 Å². The maximum atomic E-state index is 5.51. The fourth-order valence-corrected chi connectivity index (χ4v) is 3.62. The lowest BCUT2D eigenvalue weighted by Gasteiger charge is -2.38. The van der Waals surface area contributed by atoms with Crippen LogP contribution in [0.25, 0.3) is 5.65 Å². The molecule has 0 amide bonds. The van der Waals surface area contributed by atoms with Crippen molar-refractivity contribution in [2.24, 2.45) is 4.99 Å². The molecule has 0 atom stereocenters. The summed E-state index contributed by atoms with van der Waals surface area (Å²) in [5.41, 5.74) is 3.11. The van der Waals surface area contributed by atoms with Gasteiger partial charge in [-0.15, -0.1) is 24.0 Å². The molecular formula is C21H27IN6O. The second-order valence-corrected chi connectivity index (χ2v) is 6.75. The highest BCUT2D eigenvalue weighted by molar-refractivity contribution is 14.0. The number of ether oxygens (including phenoxy) is 1. The van der Waals surface area contributed by atoms with Gasteiger partial charge in [0, 0.05) is 45.6 Å². The van der Waals surface area contributed by atoms with Crippen LogP contribution in [-0.2, 0) is 6.54 Å². The molecule has 0 bridgehead atoms. The Labute approximate surface area is 188 Å². The minimum Gasteiger partial charge on any atom is -0.495 e. The highest BCUT2D eigenvalue weighted by Crippen LogP contribution is 2.28. The van der Waals surface area contributed by atoms with Crippen LogP contribution < -0.4 is 15.0 Å². The van der Waals surface area contributed by atoms with Crippen LogP contribution in [0.1, 0.15) is 5.69 Å². The molecule has 1 aliphatic heterocycles. The van der Waals surface area contributed by atoms with Gasteiger partial charge < -0.3 is 24.3 Å². The number of guanidine groups is 1. The number of piperazine rings is 1. The summed E-state index contributed by atoms with van der Waals surface area (Å²) in [6.45, 7) is 4.32. The first-order chi connectivity index (χ1) is 13.8. The Morgan fingerprint density at radius 2 is 1.86 bits per heavy atom. The monoisotopic (exact) mass is 506 g/mol. The number of halogens is 1. The number of rotatable bonds is 4. The minimum absolute atomic E-state index is 0. The van der Waals surface area contributed by atoms with E-state index in [1.165, 1.54) is 0 Å². The van der Waals surface area contributed by atoms with Gasteiger partial charge in [0.2, 0.25) is 0 Å². The fourth-order valence-electron chi connectivity index (χ4n) is 3.62. The second kappa shape index (κ2) is 9.82. The summed E-state index contributed by atoms with van der Waals surface area (Å²) in [4.78, 5) is 13.8. The molecule has 154 valence electrons. The Morgan fingerprint density at radius 3 is 2.59 bits per heavy atom. The Hall–Kier alpha value is -2.49. The van der Waals surface area contributed by atoms with E-state index in [1.54, 1.807) is 7.11 Å². The highest BCUT2D eigenvalue weighted by atomic mass is 127. The van der Waals surface area contributed by atoms with Crippen LogP contribution in [0.4, 0.5) is 5.69 Å². The number of methoxy groups -OCH3 is 1. The molecule has 1 fully saturated rings. The number of fused-ring (bicyclic) bond motifs is 1. The van der Waals surface area contributed by atoms with Gasteiger partial charge in [0.15, 0.2) is 5.96 Å². The van der Waals surface area contributed by atoms with Crippen LogP contribution in [-0.4, -0.2) is 60.6 Å². The Kier molecular flexibility index (Phi) is 7.18. The summed E-state index contributed by atoms with van der Waals surface area (Å²) >= 11 is 0. The summed E-state index contributed by atoms with van der Waals surface area (Å²) in [6.07, 6.45) is 4.06. The number of anilines is 1. The van der Waals surface area contributed by atoms with Gasteiger partial charge >= 0.3 is 0 Å². The molecule has 0 saturated carbocycles. The van der Waals surface area contributed by atoms with Crippen molar-refractivity contribution in [3.05, 3.63) is 60.6 Å². The third-order valence-electron chi connectivity index (χ3n) is 5.06. The lowest BCUT2D eigenvalue weighted by Crippen LogP contribution is -2.52. The van der Waals surface area contributed by atoms with Gasteiger partial charge in [0.1, 0.15) is 11.4 Å². The van der Waals surface area contributed by atoms with E-state index >= 15 is 0 Å². The molecule has 1 aliphatic rings. The Bertz CT molecular complexity index is 931. The smallest absolute Gasteiger partial charge is 0.194 e. The lowest BCUT2D eigenvalue weighted by molar-refractivity contribution is 0.367. The Morgan fingerprint density at radius 1 is 1.10 bits per heavy atom. The van der Waals surface area contributed by atoms with Gasteiger partial charge in [-0.1, -0.05) is 18.2 Å². The normalized spacial score (nSPS) is 14.6. The van der Waals surface area contributed by atoms with Crippen molar-refractivity contribution in [3.63, 3.8) is 0 Å². The van der Waals surface area contributed by atoms with E-state index in [1.807, 2.05) is 48.0 Å². The van der Waals surface area contributed by atoms with Crippen molar-refractivity contribution in [2.75, 3.05) is 45.2 Å². The zero-order chi connectivity index (χ0) is 19.3. The topological polar surface area (TPSA) is 57.4 Å². The zero-order valence-electron chi connectivity index (χ0n) is 16.8. The largest absolute Gasteiger partial charge is 0.495 e. The molecule has 0 spiro atoms. The summed E-state index contributed by atoms with van der Waals surface area (Å²) in [7, 11) is 3.55. The second-order valence-electron chi connectivity index (χ2n) is 6.75. The molecule has 0 radical (unpaired) electrons. The molecule has 7 nitrogen and oxygen atoms in total. The minimum atomic E-state index is 0. The molecule has 1 N–H and O–H groups in total. The molecule has 3 aromatic rings. The average molecular weight is 506 g/mol. The van der Waals surface area contributed by atoms with Crippen LogP contribution >= 0.6 is 24.0 Å². The predicted octanol–water partition coefficient (Wildman–Crippen LogP) is 2.86. The van der Waals surface area contributed by atoms with E-state index in [-0.39, 0.29) is 24.0 Å². The van der Waals surface area contributed by atoms with E-state index in [9.17, 15) is 0 Å². The molecular weight excluding hydrogens is 479 g/mol. The summed E-state index contributed by atoms with van der Waals surface area (Å²) in [6, 6.07) is 14.2. The third kappa shape index (κ3) is 4.75. The number of nitrogens with one attached hydrogen (secondary N) is 1. The lowest BCUT2D eigenvalue weighted by atomic mass is 10.2. The first kappa shape index (κ1) is 21.2. The van der Waals surface area contributed by atoms with Crippen molar-refractivity contribution < 1.29 is 4.74 Å². The number of nitrogens with zero attached hydrogens (tertiary/aromatic N) is 5. The number of para-hydroxylation sites is 2. The standard InChI is InChI=1S/C21H26N6O.HI/c1-22-21(23-15-17-16-27-10-6-5-9-20(27)24-17)26-13-11-25(12-14-26)18-7-3-4-8-19(18)28-2;/h3-10,16H,11-15H2,1-2H3,(H,22,23);1H. The molecule has 0 unspecified atom stereocenters. The van der Waals surface area contributed by atoms with E-state index in [0.717, 1.165) is 54.9 Å². The number of benzene rings is 1. The maximum Gasteiger partial charge on any atom is 0.194 e. The van der Waals surface area contributed by atoms with E-state index in [2.05, 4.69) is 43.4 Å². The van der Waals surface area contributed by atoms with Crippen molar-refractivity contribution in [1.29, 1.82) is 0 Å². The maximum absolute atomic E-state index is 5.51. The number of hydrogen-bond acceptors (Lipinski definition) is 4. The van der Waals surface area contributed by atoms with Crippen molar-refractivity contribution in [3.8, 4) is 5.75 Å². The predicted molar refractivity (Wildman–Crippen MR) is 128 cm³/mol. The van der Waals surface area contributed by atoms with Gasteiger partial charge in [-0.3, -0.25) is 4.99 Å². The quantitative estimate of drug-likeness (QED) is 0.335. The van der Waals surface area contributed by atoms with Crippen LogP contribution in [0.15, 0.2) is 59.9 Å². The molecule has 0 aliphatic carbocycles. The molecule has 4 rings (SSSR count). The molecule has 3 heterocycles. The molecule has 2 aromatic heterocycles. The highest BCUT2D eigenvalue weighted by Gasteiger charge is 2.21. The first-order valence-corrected chi connectivity index (χ1v) is 9.54. The van der Waals surface area contributed by atoms with Gasteiger partial charge in [-0.05, 0) is 24.3 Å². The number of aliphatic imine (C=N–C) groups is 1. The average Bonchev–Trinajstić information content (AvgIpc) is 3.17. The number of pyridine rings is 1. The van der Waals surface area contributed by atoms with Gasteiger partial charge in [-0.2, -0.15) is 0 Å². The van der Waals surface area contributed by atoms with Gasteiger partial charge in [-0.25, -0.2) is 4.98 Å². The molecule has 1 saturated heterocycles. The van der Waals surface area contributed by atoms with Crippen molar-refractivity contribution in [1.82, 2.24) is 19.6 Å². The van der Waals surface area contributed by atoms with E-state index < -0.39 is 0 Å². The molecule has 8 heteroatoms. The van der Waals surface area contributed by atoms with E-state index in [0.29, 0.717) is 6.54 Å². The molecule has 1 aromatic carbocycles. The summed E-state index contributed by atoms with van der Waals surface area (Å²) in [5.74, 6) is 1.84. The molecule has 29 heavy (non-hydrogen) atoms.